The van der Waals surface area contributed by atoms with Gasteiger partial charge < -0.3 is 5.32 Å². The number of hydrogen-bond acceptors (Lipinski definition) is 4. The molecule has 0 bridgehead atoms. The summed E-state index contributed by atoms with van der Waals surface area (Å²) in [6.07, 6.45) is 2.91. The molecule has 1 amide bonds. The van der Waals surface area contributed by atoms with E-state index in [1.165, 1.54) is 18.5 Å². The lowest BCUT2D eigenvalue weighted by atomic mass is 10.2. The molecule has 0 aliphatic rings. The molecule has 5 nitrogen and oxygen atoms in total. The van der Waals surface area contributed by atoms with Crippen molar-refractivity contribution < 1.29 is 4.79 Å². The van der Waals surface area contributed by atoms with Crippen molar-refractivity contribution in [2.24, 2.45) is 0 Å². The fourth-order valence-corrected chi connectivity index (χ4v) is 1.61. The van der Waals surface area contributed by atoms with Gasteiger partial charge in [0.25, 0.3) is 5.91 Å². The minimum Gasteiger partial charge on any atom is -0.321 e. The maximum absolute atomic E-state index is 11.9. The molecule has 0 atom stereocenters. The number of aryl methyl sites for hydroxylation is 1. The van der Waals surface area contributed by atoms with Gasteiger partial charge in [-0.05, 0) is 25.1 Å². The standard InChI is InChI=1S/C13H9ClN4O/c1-8-6-17-12(7-16-8)13(19)18-10-3-2-9(5-15)11(14)4-10/h2-4,6-7H,1H3,(H,18,19). The number of halogens is 1. The largest absolute Gasteiger partial charge is 0.321 e. The Morgan fingerprint density at radius 1 is 1.37 bits per heavy atom. The SMILES string of the molecule is Cc1cnc(C(=O)Nc2ccc(C#N)c(Cl)c2)cn1. The molecule has 2 aromatic rings. The Kier molecular flexibility index (Phi) is 3.74. The number of benzene rings is 1. The molecule has 6 heteroatoms. The average Bonchev–Trinajstić information content (AvgIpc) is 2.39. The molecule has 0 saturated heterocycles. The van der Waals surface area contributed by atoms with E-state index in [-0.39, 0.29) is 16.6 Å². The Morgan fingerprint density at radius 2 is 2.16 bits per heavy atom. The summed E-state index contributed by atoms with van der Waals surface area (Å²) < 4.78 is 0. The zero-order valence-electron chi connectivity index (χ0n) is 10.0. The van der Waals surface area contributed by atoms with E-state index in [9.17, 15) is 4.79 Å². The number of nitrogens with zero attached hydrogens (tertiary/aromatic N) is 3. The minimum absolute atomic E-state index is 0.214. The zero-order valence-corrected chi connectivity index (χ0v) is 10.8. The van der Waals surface area contributed by atoms with Crippen molar-refractivity contribution in [3.8, 4) is 6.07 Å². The number of carbonyl (C=O) groups excluding carboxylic acids is 1. The summed E-state index contributed by atoms with van der Waals surface area (Å²) >= 11 is 5.88. The number of aromatic nitrogens is 2. The van der Waals surface area contributed by atoms with Crippen molar-refractivity contribution in [3.63, 3.8) is 0 Å². The molecule has 1 aromatic heterocycles. The third kappa shape index (κ3) is 3.06. The van der Waals surface area contributed by atoms with E-state index in [2.05, 4.69) is 15.3 Å². The van der Waals surface area contributed by atoms with Crippen LogP contribution in [-0.2, 0) is 0 Å². The van der Waals surface area contributed by atoms with E-state index in [4.69, 9.17) is 16.9 Å². The van der Waals surface area contributed by atoms with Crippen molar-refractivity contribution in [2.45, 2.75) is 6.92 Å². The first-order valence-corrected chi connectivity index (χ1v) is 5.77. The number of anilines is 1. The first-order valence-electron chi connectivity index (χ1n) is 5.40. The van der Waals surface area contributed by atoms with Gasteiger partial charge in [0, 0.05) is 11.9 Å². The molecule has 0 spiro atoms. The molecular weight excluding hydrogens is 264 g/mol. The highest BCUT2D eigenvalue weighted by Gasteiger charge is 2.09. The summed E-state index contributed by atoms with van der Waals surface area (Å²) in [6.45, 7) is 1.79. The molecule has 2 rings (SSSR count). The molecule has 94 valence electrons. The van der Waals surface area contributed by atoms with Crippen LogP contribution in [-0.4, -0.2) is 15.9 Å². The summed E-state index contributed by atoms with van der Waals surface area (Å²) in [6, 6.07) is 6.60. The molecule has 0 fully saturated rings. The van der Waals surface area contributed by atoms with Gasteiger partial charge >= 0.3 is 0 Å². The molecule has 19 heavy (non-hydrogen) atoms. The van der Waals surface area contributed by atoms with Gasteiger partial charge in [-0.1, -0.05) is 11.6 Å². The Morgan fingerprint density at radius 3 is 2.74 bits per heavy atom. The van der Waals surface area contributed by atoms with Crippen LogP contribution in [0.15, 0.2) is 30.6 Å². The molecule has 0 aliphatic carbocycles. The number of rotatable bonds is 2. The molecule has 1 N–H and O–H groups in total. The summed E-state index contributed by atoms with van der Waals surface area (Å²) in [5.41, 5.74) is 1.80. The second kappa shape index (κ2) is 5.46. The quantitative estimate of drug-likeness (QED) is 0.911. The highest BCUT2D eigenvalue weighted by Crippen LogP contribution is 2.20. The normalized spacial score (nSPS) is 9.74. The second-order valence-corrected chi connectivity index (χ2v) is 4.21. The molecule has 0 aliphatic heterocycles. The van der Waals surface area contributed by atoms with Crippen molar-refractivity contribution in [2.75, 3.05) is 5.32 Å². The third-order valence-corrected chi connectivity index (χ3v) is 2.67. The van der Waals surface area contributed by atoms with Crippen molar-refractivity contribution in [3.05, 3.63) is 52.6 Å². The van der Waals surface area contributed by atoms with Gasteiger partial charge in [-0.15, -0.1) is 0 Å². The summed E-state index contributed by atoms with van der Waals surface area (Å²) in [4.78, 5) is 19.8. The van der Waals surface area contributed by atoms with Crippen LogP contribution >= 0.6 is 11.6 Å². The first kappa shape index (κ1) is 13.0. The molecule has 1 aromatic carbocycles. The monoisotopic (exact) mass is 272 g/mol. The van der Waals surface area contributed by atoms with Crippen molar-refractivity contribution in [1.82, 2.24) is 9.97 Å². The van der Waals surface area contributed by atoms with E-state index in [1.807, 2.05) is 6.07 Å². The van der Waals surface area contributed by atoms with Crippen LogP contribution < -0.4 is 5.32 Å². The van der Waals surface area contributed by atoms with Crippen LogP contribution in [0.25, 0.3) is 0 Å². The van der Waals surface area contributed by atoms with Gasteiger partial charge in [0.15, 0.2) is 0 Å². The van der Waals surface area contributed by atoms with Crippen molar-refractivity contribution in [1.29, 1.82) is 5.26 Å². The number of carbonyl (C=O) groups is 1. The van der Waals surface area contributed by atoms with Crippen LogP contribution in [0.1, 0.15) is 21.7 Å². The average molecular weight is 273 g/mol. The van der Waals surface area contributed by atoms with E-state index in [0.29, 0.717) is 11.3 Å². The predicted molar refractivity (Wildman–Crippen MR) is 70.9 cm³/mol. The number of amides is 1. The van der Waals surface area contributed by atoms with Gasteiger partial charge in [0.2, 0.25) is 0 Å². The molecule has 0 unspecified atom stereocenters. The van der Waals surface area contributed by atoms with Gasteiger partial charge in [-0.25, -0.2) is 4.98 Å². The number of nitriles is 1. The van der Waals surface area contributed by atoms with E-state index in [0.717, 1.165) is 5.69 Å². The van der Waals surface area contributed by atoms with Crippen LogP contribution in [0.2, 0.25) is 5.02 Å². The first-order chi connectivity index (χ1) is 9.10. The van der Waals surface area contributed by atoms with Crippen LogP contribution in [0.3, 0.4) is 0 Å². The fraction of sp³-hybridized carbons (Fsp3) is 0.0769. The molecule has 0 saturated carbocycles. The summed E-state index contributed by atoms with van der Waals surface area (Å²) in [5, 5.41) is 11.7. The molecular formula is C13H9ClN4O. The topological polar surface area (TPSA) is 78.7 Å². The van der Waals surface area contributed by atoms with Gasteiger partial charge in [0.05, 0.1) is 22.5 Å². The third-order valence-electron chi connectivity index (χ3n) is 2.36. The Bertz CT molecular complexity index is 661. The molecule has 1 heterocycles. The highest BCUT2D eigenvalue weighted by atomic mass is 35.5. The Balaban J connectivity index is 2.17. The maximum atomic E-state index is 11.9. The summed E-state index contributed by atoms with van der Waals surface area (Å²) in [7, 11) is 0. The predicted octanol–water partition coefficient (Wildman–Crippen LogP) is 2.56. The van der Waals surface area contributed by atoms with E-state index in [1.54, 1.807) is 19.1 Å². The Hall–Kier alpha value is -2.45. The van der Waals surface area contributed by atoms with Crippen LogP contribution in [0, 0.1) is 18.3 Å². The van der Waals surface area contributed by atoms with E-state index >= 15 is 0 Å². The smallest absolute Gasteiger partial charge is 0.275 e. The number of hydrogen-bond donors (Lipinski definition) is 1. The van der Waals surface area contributed by atoms with Gasteiger partial charge in [-0.3, -0.25) is 9.78 Å². The van der Waals surface area contributed by atoms with E-state index < -0.39 is 0 Å². The highest BCUT2D eigenvalue weighted by molar-refractivity contribution is 6.32. The minimum atomic E-state index is -0.381. The zero-order chi connectivity index (χ0) is 13.8. The summed E-state index contributed by atoms with van der Waals surface area (Å²) in [5.74, 6) is -0.381. The van der Waals surface area contributed by atoms with Gasteiger partial charge in [0.1, 0.15) is 11.8 Å². The maximum Gasteiger partial charge on any atom is 0.275 e. The lowest BCUT2D eigenvalue weighted by molar-refractivity contribution is 0.102. The van der Waals surface area contributed by atoms with Crippen molar-refractivity contribution >= 4 is 23.2 Å². The lowest BCUT2D eigenvalue weighted by Gasteiger charge is -2.05. The van der Waals surface area contributed by atoms with Crippen LogP contribution in [0.4, 0.5) is 5.69 Å². The fourth-order valence-electron chi connectivity index (χ4n) is 1.39. The number of nitrogens with one attached hydrogen (secondary N) is 1. The van der Waals surface area contributed by atoms with Gasteiger partial charge in [-0.2, -0.15) is 5.26 Å². The molecule has 0 radical (unpaired) electrons. The lowest BCUT2D eigenvalue weighted by Crippen LogP contribution is -2.14. The Labute approximate surface area is 114 Å². The van der Waals surface area contributed by atoms with Crippen LogP contribution in [0.5, 0.6) is 0 Å². The second-order valence-electron chi connectivity index (χ2n) is 3.80.